The van der Waals surface area contributed by atoms with Crippen molar-refractivity contribution in [1.82, 2.24) is 20.6 Å². The average Bonchev–Trinajstić information content (AvgIpc) is 2.98. The van der Waals surface area contributed by atoms with Gasteiger partial charge in [0.2, 0.25) is 11.7 Å². The predicted octanol–water partition coefficient (Wildman–Crippen LogP) is 0.407. The van der Waals surface area contributed by atoms with Gasteiger partial charge in [0.1, 0.15) is 0 Å². The SMILES string of the molecule is COc1cc(NC(=O)Cc2nn[nH]n2)cc(OC)c1OC. The van der Waals surface area contributed by atoms with Gasteiger partial charge in [-0.05, 0) is 0 Å². The van der Waals surface area contributed by atoms with Crippen LogP contribution in [0.25, 0.3) is 0 Å². The average molecular weight is 293 g/mol. The van der Waals surface area contributed by atoms with E-state index in [0.717, 1.165) is 0 Å². The van der Waals surface area contributed by atoms with Gasteiger partial charge >= 0.3 is 0 Å². The zero-order valence-electron chi connectivity index (χ0n) is 11.8. The summed E-state index contributed by atoms with van der Waals surface area (Å²) in [6, 6.07) is 3.27. The quantitative estimate of drug-likeness (QED) is 0.793. The van der Waals surface area contributed by atoms with Crippen molar-refractivity contribution < 1.29 is 19.0 Å². The van der Waals surface area contributed by atoms with Gasteiger partial charge in [0.25, 0.3) is 0 Å². The van der Waals surface area contributed by atoms with Crippen LogP contribution in [-0.2, 0) is 11.2 Å². The lowest BCUT2D eigenvalue weighted by Crippen LogP contribution is -2.15. The molecule has 0 aliphatic rings. The minimum Gasteiger partial charge on any atom is -0.493 e. The van der Waals surface area contributed by atoms with Gasteiger partial charge < -0.3 is 19.5 Å². The number of hydrogen-bond donors (Lipinski definition) is 2. The lowest BCUT2D eigenvalue weighted by Gasteiger charge is -2.14. The number of carbonyl (C=O) groups excluding carboxylic acids is 1. The molecule has 2 aromatic rings. The van der Waals surface area contributed by atoms with Gasteiger partial charge in [-0.3, -0.25) is 4.79 Å². The summed E-state index contributed by atoms with van der Waals surface area (Å²) in [5, 5.41) is 15.8. The number of carbonyl (C=O) groups is 1. The predicted molar refractivity (Wildman–Crippen MR) is 72.6 cm³/mol. The largest absolute Gasteiger partial charge is 0.493 e. The molecule has 1 aromatic heterocycles. The van der Waals surface area contributed by atoms with E-state index < -0.39 is 0 Å². The molecule has 0 unspecified atom stereocenters. The zero-order valence-corrected chi connectivity index (χ0v) is 11.8. The molecule has 21 heavy (non-hydrogen) atoms. The van der Waals surface area contributed by atoms with Crippen LogP contribution in [0, 0.1) is 0 Å². The molecule has 0 aliphatic heterocycles. The van der Waals surface area contributed by atoms with Gasteiger partial charge in [-0.15, -0.1) is 10.2 Å². The molecule has 1 amide bonds. The molecule has 0 aliphatic carbocycles. The minimum absolute atomic E-state index is 0.00710. The van der Waals surface area contributed by atoms with E-state index in [-0.39, 0.29) is 12.3 Å². The van der Waals surface area contributed by atoms with Crippen LogP contribution in [0.3, 0.4) is 0 Å². The molecular formula is C12H15N5O4. The fraction of sp³-hybridized carbons (Fsp3) is 0.333. The molecule has 9 heteroatoms. The molecule has 1 aromatic carbocycles. The number of benzene rings is 1. The molecule has 112 valence electrons. The van der Waals surface area contributed by atoms with Crippen molar-refractivity contribution in [3.8, 4) is 17.2 Å². The van der Waals surface area contributed by atoms with Crippen molar-refractivity contribution in [1.29, 1.82) is 0 Å². The summed E-state index contributed by atoms with van der Waals surface area (Å²) in [5.41, 5.74) is 0.512. The number of methoxy groups -OCH3 is 3. The molecule has 0 fully saturated rings. The highest BCUT2D eigenvalue weighted by molar-refractivity contribution is 5.92. The monoisotopic (exact) mass is 293 g/mol. The third kappa shape index (κ3) is 3.38. The van der Waals surface area contributed by atoms with Crippen molar-refractivity contribution in [2.24, 2.45) is 0 Å². The maximum atomic E-state index is 11.9. The molecule has 2 rings (SSSR count). The number of tetrazole rings is 1. The Kier molecular flexibility index (Phi) is 4.54. The Morgan fingerprint density at radius 3 is 2.33 bits per heavy atom. The lowest BCUT2D eigenvalue weighted by molar-refractivity contribution is -0.115. The number of aromatic amines is 1. The normalized spacial score (nSPS) is 10.0. The Morgan fingerprint density at radius 2 is 1.86 bits per heavy atom. The number of hydrogen-bond acceptors (Lipinski definition) is 7. The Hall–Kier alpha value is -2.84. The zero-order chi connectivity index (χ0) is 15.2. The molecule has 0 saturated heterocycles. The first-order valence-electron chi connectivity index (χ1n) is 6.00. The maximum Gasteiger partial charge on any atom is 0.232 e. The summed E-state index contributed by atoms with van der Waals surface area (Å²) >= 11 is 0. The van der Waals surface area contributed by atoms with E-state index in [9.17, 15) is 4.79 Å². The summed E-state index contributed by atoms with van der Waals surface area (Å²) in [7, 11) is 4.51. The van der Waals surface area contributed by atoms with Crippen molar-refractivity contribution >= 4 is 11.6 Å². The Balaban J connectivity index is 2.17. The van der Waals surface area contributed by atoms with E-state index in [1.54, 1.807) is 12.1 Å². The fourth-order valence-electron chi connectivity index (χ4n) is 1.76. The Morgan fingerprint density at radius 1 is 1.19 bits per heavy atom. The second-order valence-electron chi connectivity index (χ2n) is 3.97. The highest BCUT2D eigenvalue weighted by Gasteiger charge is 2.15. The van der Waals surface area contributed by atoms with Crippen LogP contribution in [0.15, 0.2) is 12.1 Å². The van der Waals surface area contributed by atoms with Crippen molar-refractivity contribution in [3.05, 3.63) is 18.0 Å². The molecule has 9 nitrogen and oxygen atoms in total. The van der Waals surface area contributed by atoms with Gasteiger partial charge in [-0.2, -0.15) is 5.21 Å². The number of amides is 1. The highest BCUT2D eigenvalue weighted by atomic mass is 16.5. The summed E-state index contributed by atoms with van der Waals surface area (Å²) in [6.45, 7) is 0. The number of H-pyrrole nitrogens is 1. The summed E-state index contributed by atoms with van der Waals surface area (Å²) in [4.78, 5) is 11.9. The topological polar surface area (TPSA) is 111 Å². The minimum atomic E-state index is -0.286. The van der Waals surface area contributed by atoms with E-state index in [4.69, 9.17) is 14.2 Å². The highest BCUT2D eigenvalue weighted by Crippen LogP contribution is 2.39. The Bertz CT molecular complexity index is 589. The molecule has 0 spiro atoms. The fourth-order valence-corrected chi connectivity index (χ4v) is 1.76. The number of nitrogens with one attached hydrogen (secondary N) is 2. The van der Waals surface area contributed by atoms with Crippen LogP contribution in [0.2, 0.25) is 0 Å². The third-order valence-corrected chi connectivity index (χ3v) is 2.66. The first-order chi connectivity index (χ1) is 10.2. The number of rotatable bonds is 6. The molecular weight excluding hydrogens is 278 g/mol. The number of nitrogens with zero attached hydrogens (tertiary/aromatic N) is 3. The van der Waals surface area contributed by atoms with Crippen molar-refractivity contribution in [3.63, 3.8) is 0 Å². The van der Waals surface area contributed by atoms with Crippen LogP contribution in [-0.4, -0.2) is 47.9 Å². The van der Waals surface area contributed by atoms with E-state index in [1.807, 2.05) is 0 Å². The van der Waals surface area contributed by atoms with Gasteiger partial charge in [-0.1, -0.05) is 5.21 Å². The summed E-state index contributed by atoms with van der Waals surface area (Å²) in [6.07, 6.45) is 0.00710. The molecule has 2 N–H and O–H groups in total. The molecule has 0 saturated carbocycles. The van der Waals surface area contributed by atoms with Gasteiger partial charge in [0, 0.05) is 17.8 Å². The van der Waals surface area contributed by atoms with Gasteiger partial charge in [-0.25, -0.2) is 0 Å². The van der Waals surface area contributed by atoms with E-state index in [2.05, 4.69) is 25.9 Å². The van der Waals surface area contributed by atoms with E-state index in [0.29, 0.717) is 28.8 Å². The van der Waals surface area contributed by atoms with Crippen LogP contribution >= 0.6 is 0 Å². The smallest absolute Gasteiger partial charge is 0.232 e. The molecule has 0 atom stereocenters. The molecule has 0 radical (unpaired) electrons. The van der Waals surface area contributed by atoms with Crippen LogP contribution in [0.4, 0.5) is 5.69 Å². The van der Waals surface area contributed by atoms with Crippen LogP contribution in [0.1, 0.15) is 5.82 Å². The first kappa shape index (κ1) is 14.6. The van der Waals surface area contributed by atoms with Crippen molar-refractivity contribution in [2.45, 2.75) is 6.42 Å². The van der Waals surface area contributed by atoms with E-state index >= 15 is 0 Å². The lowest BCUT2D eigenvalue weighted by atomic mass is 10.2. The van der Waals surface area contributed by atoms with Crippen molar-refractivity contribution in [2.75, 3.05) is 26.6 Å². The summed E-state index contributed by atoms with van der Waals surface area (Å²) in [5.74, 6) is 1.38. The maximum absolute atomic E-state index is 11.9. The standard InChI is InChI=1S/C12H15N5O4/c1-19-8-4-7(5-9(20-2)12(8)21-3)13-11(18)6-10-14-16-17-15-10/h4-5H,6H2,1-3H3,(H,13,18)(H,14,15,16,17). The molecule has 0 bridgehead atoms. The second-order valence-corrected chi connectivity index (χ2v) is 3.97. The van der Waals surface area contributed by atoms with Gasteiger partial charge in [0.15, 0.2) is 17.3 Å². The number of ether oxygens (including phenoxy) is 3. The van der Waals surface area contributed by atoms with Crippen LogP contribution < -0.4 is 19.5 Å². The van der Waals surface area contributed by atoms with Gasteiger partial charge in [0.05, 0.1) is 27.8 Å². The third-order valence-electron chi connectivity index (χ3n) is 2.66. The first-order valence-corrected chi connectivity index (χ1v) is 6.00. The Labute approximate surface area is 120 Å². The van der Waals surface area contributed by atoms with Crippen LogP contribution in [0.5, 0.6) is 17.2 Å². The van der Waals surface area contributed by atoms with E-state index in [1.165, 1.54) is 21.3 Å². The second kappa shape index (κ2) is 6.55. The molecule has 1 heterocycles. The summed E-state index contributed by atoms with van der Waals surface area (Å²) < 4.78 is 15.6. The number of aromatic nitrogens is 4. The number of anilines is 1.